The molecule has 5 heteroatoms. The normalized spacial score (nSPS) is 14.9. The third-order valence-electron chi connectivity index (χ3n) is 6.78. The van der Waals surface area contributed by atoms with E-state index >= 15 is 0 Å². The molecule has 1 amide bonds. The lowest BCUT2D eigenvalue weighted by molar-refractivity contribution is 0.0965. The quantitative estimate of drug-likeness (QED) is 0.110. The second kappa shape index (κ2) is 20.3. The third kappa shape index (κ3) is 15.5. The van der Waals surface area contributed by atoms with Gasteiger partial charge in [0.05, 0.1) is 25.4 Å². The van der Waals surface area contributed by atoms with Crippen molar-refractivity contribution in [2.45, 2.75) is 148 Å². The van der Waals surface area contributed by atoms with E-state index in [0.29, 0.717) is 6.61 Å². The van der Waals surface area contributed by atoms with Crippen molar-refractivity contribution in [3.63, 3.8) is 0 Å². The van der Waals surface area contributed by atoms with E-state index < -0.39 is 18.2 Å². The van der Waals surface area contributed by atoms with Gasteiger partial charge in [0.1, 0.15) is 0 Å². The summed E-state index contributed by atoms with van der Waals surface area (Å²) in [6.45, 7) is 4.55. The molecule has 0 fully saturated rings. The van der Waals surface area contributed by atoms with Crippen molar-refractivity contribution in [3.05, 3.63) is 11.1 Å². The first-order valence-corrected chi connectivity index (χ1v) is 14.1. The van der Waals surface area contributed by atoms with Crippen molar-refractivity contribution < 1.29 is 19.7 Å². The van der Waals surface area contributed by atoms with E-state index in [1.807, 2.05) is 0 Å². The summed E-state index contributed by atoms with van der Waals surface area (Å²) in [5, 5.41) is 22.8. The molecule has 194 valence electrons. The topological polar surface area (TPSA) is 78.8 Å². The van der Waals surface area contributed by atoms with Crippen molar-refractivity contribution in [3.8, 4) is 0 Å². The standard InChI is InChI=1S/C28H53NO4/c1-3-5-7-9-11-12-13-14-15-16-18-20-24-22-25(24)27(31)26(23-30)29-28(32)33-21-19-17-10-8-6-4-2/h26-27,30-31H,3-23H2,1-2H3,(H,29,32)/t26-,27+/m0/s1. The van der Waals surface area contributed by atoms with Gasteiger partial charge in [-0.3, -0.25) is 0 Å². The van der Waals surface area contributed by atoms with Crippen LogP contribution in [0.15, 0.2) is 11.1 Å². The number of hydrogen-bond acceptors (Lipinski definition) is 4. The predicted octanol–water partition coefficient (Wildman–Crippen LogP) is 7.20. The van der Waals surface area contributed by atoms with Crippen LogP contribution in [-0.2, 0) is 4.74 Å². The lowest BCUT2D eigenvalue weighted by Gasteiger charge is -2.20. The molecule has 0 spiro atoms. The molecule has 0 aromatic rings. The Morgan fingerprint density at radius 1 is 0.818 bits per heavy atom. The first-order chi connectivity index (χ1) is 16.1. The van der Waals surface area contributed by atoms with E-state index in [1.54, 1.807) is 0 Å². The third-order valence-corrected chi connectivity index (χ3v) is 6.78. The summed E-state index contributed by atoms with van der Waals surface area (Å²) in [6, 6.07) is -0.688. The fraction of sp³-hybridized carbons (Fsp3) is 0.893. The molecule has 0 aliphatic heterocycles. The van der Waals surface area contributed by atoms with E-state index in [-0.39, 0.29) is 6.61 Å². The molecule has 1 rings (SSSR count). The highest BCUT2D eigenvalue weighted by Gasteiger charge is 2.33. The molecule has 0 bridgehead atoms. The maximum Gasteiger partial charge on any atom is 0.407 e. The lowest BCUT2D eigenvalue weighted by Crippen LogP contribution is -2.46. The number of amides is 1. The van der Waals surface area contributed by atoms with Crippen LogP contribution in [0.4, 0.5) is 4.79 Å². The van der Waals surface area contributed by atoms with Crippen molar-refractivity contribution in [2.24, 2.45) is 0 Å². The molecule has 33 heavy (non-hydrogen) atoms. The van der Waals surface area contributed by atoms with E-state index in [0.717, 1.165) is 31.3 Å². The molecule has 3 N–H and O–H groups in total. The van der Waals surface area contributed by atoms with Crippen LogP contribution in [0.25, 0.3) is 0 Å². The van der Waals surface area contributed by atoms with Gasteiger partial charge in [-0.05, 0) is 31.3 Å². The monoisotopic (exact) mass is 467 g/mol. The molecule has 2 atom stereocenters. The molecule has 0 aromatic heterocycles. The smallest absolute Gasteiger partial charge is 0.407 e. The van der Waals surface area contributed by atoms with E-state index in [2.05, 4.69) is 19.2 Å². The molecular formula is C28H53NO4. The fourth-order valence-electron chi connectivity index (χ4n) is 4.46. The summed E-state index contributed by atoms with van der Waals surface area (Å²) in [5.74, 6) is 0. The highest BCUT2D eigenvalue weighted by Crippen LogP contribution is 2.38. The number of alkyl carbamates (subject to hydrolysis) is 1. The van der Waals surface area contributed by atoms with Gasteiger partial charge in [-0.15, -0.1) is 0 Å². The zero-order valence-electron chi connectivity index (χ0n) is 21.7. The van der Waals surface area contributed by atoms with Gasteiger partial charge in [0.2, 0.25) is 0 Å². The molecule has 1 aliphatic carbocycles. The number of aliphatic hydroxyl groups is 2. The first kappa shape index (κ1) is 30.0. The summed E-state index contributed by atoms with van der Waals surface area (Å²) < 4.78 is 5.21. The van der Waals surface area contributed by atoms with Crippen molar-refractivity contribution >= 4 is 6.09 Å². The number of unbranched alkanes of at least 4 members (excludes halogenated alkanes) is 15. The minimum Gasteiger partial charge on any atom is -0.450 e. The van der Waals surface area contributed by atoms with E-state index in [1.165, 1.54) is 102 Å². The summed E-state index contributed by atoms with van der Waals surface area (Å²) >= 11 is 0. The van der Waals surface area contributed by atoms with Crippen molar-refractivity contribution in [2.75, 3.05) is 13.2 Å². The van der Waals surface area contributed by atoms with E-state index in [4.69, 9.17) is 4.74 Å². The molecule has 1 aliphatic rings. The van der Waals surface area contributed by atoms with Gasteiger partial charge in [-0.25, -0.2) is 4.79 Å². The Morgan fingerprint density at radius 2 is 1.30 bits per heavy atom. The van der Waals surface area contributed by atoms with Gasteiger partial charge < -0.3 is 20.3 Å². The Bertz CT molecular complexity index is 520. The lowest BCUT2D eigenvalue weighted by atomic mass is 10.0. The summed E-state index contributed by atoms with van der Waals surface area (Å²) in [7, 11) is 0. The maximum absolute atomic E-state index is 12.0. The molecule has 0 unspecified atom stereocenters. The molecule has 0 aromatic carbocycles. The van der Waals surface area contributed by atoms with Crippen LogP contribution in [0.5, 0.6) is 0 Å². The second-order valence-corrected chi connectivity index (χ2v) is 9.87. The van der Waals surface area contributed by atoms with Crippen molar-refractivity contribution in [1.29, 1.82) is 0 Å². The molecule has 0 saturated carbocycles. The minimum absolute atomic E-state index is 0.289. The van der Waals surface area contributed by atoms with Crippen molar-refractivity contribution in [1.82, 2.24) is 5.32 Å². The zero-order valence-corrected chi connectivity index (χ0v) is 21.7. The van der Waals surface area contributed by atoms with Gasteiger partial charge in [0, 0.05) is 0 Å². The fourth-order valence-corrected chi connectivity index (χ4v) is 4.46. The first-order valence-electron chi connectivity index (χ1n) is 14.1. The van der Waals surface area contributed by atoms with Crippen LogP contribution in [0.2, 0.25) is 0 Å². The number of ether oxygens (including phenoxy) is 1. The van der Waals surface area contributed by atoms with Crippen LogP contribution < -0.4 is 5.32 Å². The van der Waals surface area contributed by atoms with Gasteiger partial charge >= 0.3 is 6.09 Å². The van der Waals surface area contributed by atoms with Crippen LogP contribution in [-0.4, -0.2) is 41.7 Å². The Balaban J connectivity index is 2.08. The van der Waals surface area contributed by atoms with E-state index in [9.17, 15) is 15.0 Å². The van der Waals surface area contributed by atoms with Crippen LogP contribution in [0.3, 0.4) is 0 Å². The SMILES string of the molecule is CCCCCCCCCCCCCC1=C([C@@H](O)[C@H](CO)NC(=O)OCCCCCCCC)C1. The molecular weight excluding hydrogens is 414 g/mol. The minimum atomic E-state index is -0.806. The van der Waals surface area contributed by atoms with Gasteiger partial charge in [0.15, 0.2) is 0 Å². The molecule has 5 nitrogen and oxygen atoms in total. The van der Waals surface area contributed by atoms with Gasteiger partial charge in [0.25, 0.3) is 0 Å². The van der Waals surface area contributed by atoms with Gasteiger partial charge in [-0.1, -0.05) is 116 Å². The average Bonchev–Trinajstić information content (AvgIpc) is 3.59. The summed E-state index contributed by atoms with van der Waals surface area (Å²) in [5.41, 5.74) is 2.30. The number of allylic oxidation sites excluding steroid dienone is 1. The maximum atomic E-state index is 12.0. The second-order valence-electron chi connectivity index (χ2n) is 9.87. The summed E-state index contributed by atoms with van der Waals surface area (Å²) in [4.78, 5) is 12.0. The Hall–Kier alpha value is -1.07. The number of carbonyl (C=O) groups is 1. The molecule has 0 radical (unpaired) electrons. The number of hydrogen-bond donors (Lipinski definition) is 3. The largest absolute Gasteiger partial charge is 0.450 e. The highest BCUT2D eigenvalue weighted by molar-refractivity contribution is 5.67. The highest BCUT2D eigenvalue weighted by atomic mass is 16.5. The zero-order chi connectivity index (χ0) is 24.2. The number of carbonyl (C=O) groups excluding carboxylic acids is 1. The van der Waals surface area contributed by atoms with Crippen LogP contribution >= 0.6 is 0 Å². The molecule has 0 saturated heterocycles. The average molecular weight is 468 g/mol. The Labute approximate surface area is 203 Å². The van der Waals surface area contributed by atoms with Crippen LogP contribution in [0, 0.1) is 0 Å². The summed E-state index contributed by atoms with van der Waals surface area (Å²) in [6.07, 6.45) is 22.0. The Morgan fingerprint density at radius 3 is 1.82 bits per heavy atom. The predicted molar refractivity (Wildman–Crippen MR) is 137 cm³/mol. The number of aliphatic hydroxyl groups excluding tert-OH is 2. The van der Waals surface area contributed by atoms with Crippen LogP contribution in [0.1, 0.15) is 136 Å². The number of rotatable bonds is 23. The number of nitrogens with one attached hydrogen (secondary N) is 1. The van der Waals surface area contributed by atoms with Gasteiger partial charge in [-0.2, -0.15) is 0 Å². The Kier molecular flexibility index (Phi) is 18.4. The molecule has 0 heterocycles.